The maximum Gasteiger partial charge on any atom is 0.417 e. The first-order valence-electron chi connectivity index (χ1n) is 6.96. The summed E-state index contributed by atoms with van der Waals surface area (Å²) in [6, 6.07) is 5.49. The summed E-state index contributed by atoms with van der Waals surface area (Å²) in [5.74, 6) is 0.386. The predicted octanol–water partition coefficient (Wildman–Crippen LogP) is 3.14. The van der Waals surface area contributed by atoms with Gasteiger partial charge in [-0.25, -0.2) is 0 Å². The predicted molar refractivity (Wildman–Crippen MR) is 74.7 cm³/mol. The number of hydrogen-bond acceptors (Lipinski definition) is 3. The van der Waals surface area contributed by atoms with Crippen molar-refractivity contribution in [1.82, 2.24) is 0 Å². The highest BCUT2D eigenvalue weighted by Crippen LogP contribution is 2.35. The topological polar surface area (TPSA) is 53.0 Å². The Morgan fingerprint density at radius 3 is 2.71 bits per heavy atom. The van der Waals surface area contributed by atoms with E-state index in [1.165, 1.54) is 12.1 Å². The molecule has 21 heavy (non-hydrogen) atoms. The fourth-order valence-electron chi connectivity index (χ4n) is 2.98. The van der Waals surface area contributed by atoms with Crippen LogP contribution in [0, 0.1) is 17.2 Å². The molecule has 0 spiro atoms. The molecule has 6 heteroatoms. The van der Waals surface area contributed by atoms with Crippen LogP contribution in [0.4, 0.5) is 18.9 Å². The first kappa shape index (κ1) is 15.6. The molecule has 114 valence electrons. The Bertz CT molecular complexity index is 548. The Morgan fingerprint density at radius 1 is 1.43 bits per heavy atom. The second kappa shape index (κ2) is 5.94. The summed E-state index contributed by atoms with van der Waals surface area (Å²) in [7, 11) is 0. The summed E-state index contributed by atoms with van der Waals surface area (Å²) in [6.45, 7) is 3.30. The lowest BCUT2D eigenvalue weighted by atomic mass is 9.90. The molecule has 0 aromatic heterocycles. The van der Waals surface area contributed by atoms with Gasteiger partial charge in [0.25, 0.3) is 0 Å². The van der Waals surface area contributed by atoms with Crippen molar-refractivity contribution in [1.29, 1.82) is 5.26 Å². The number of anilines is 1. The van der Waals surface area contributed by atoms with Crippen LogP contribution in [0.25, 0.3) is 0 Å². The second-order valence-corrected chi connectivity index (χ2v) is 5.46. The van der Waals surface area contributed by atoms with E-state index in [2.05, 4.69) is 6.92 Å². The normalized spacial score (nSPS) is 23.0. The lowest BCUT2D eigenvalue weighted by Crippen LogP contribution is -2.48. The molecule has 1 aromatic carbocycles. The van der Waals surface area contributed by atoms with Crippen molar-refractivity contribution in [3.05, 3.63) is 29.3 Å². The number of rotatable bonds is 2. The van der Waals surface area contributed by atoms with Gasteiger partial charge in [-0.05, 0) is 37.0 Å². The van der Waals surface area contributed by atoms with E-state index in [1.54, 1.807) is 6.07 Å². The van der Waals surface area contributed by atoms with Gasteiger partial charge < -0.3 is 10.6 Å². The Kier molecular flexibility index (Phi) is 4.43. The molecule has 2 rings (SSSR count). The van der Waals surface area contributed by atoms with Crippen molar-refractivity contribution in [2.45, 2.75) is 32.0 Å². The molecule has 0 amide bonds. The Labute approximate surface area is 122 Å². The number of nitrogens with two attached hydrogens (primary N) is 1. The van der Waals surface area contributed by atoms with Crippen molar-refractivity contribution in [2.24, 2.45) is 11.7 Å². The van der Waals surface area contributed by atoms with Gasteiger partial charge in [0.2, 0.25) is 0 Å². The summed E-state index contributed by atoms with van der Waals surface area (Å²) in [5, 5.41) is 8.99. The van der Waals surface area contributed by atoms with Gasteiger partial charge in [-0.2, -0.15) is 18.4 Å². The van der Waals surface area contributed by atoms with Crippen molar-refractivity contribution in [2.75, 3.05) is 18.0 Å². The first-order chi connectivity index (χ1) is 9.88. The minimum atomic E-state index is -4.51. The average molecular weight is 297 g/mol. The third-order valence-corrected chi connectivity index (χ3v) is 4.12. The van der Waals surface area contributed by atoms with E-state index in [0.717, 1.165) is 25.5 Å². The van der Waals surface area contributed by atoms with E-state index < -0.39 is 11.7 Å². The maximum atomic E-state index is 12.8. The fourth-order valence-corrected chi connectivity index (χ4v) is 2.98. The second-order valence-electron chi connectivity index (χ2n) is 5.46. The highest BCUT2D eigenvalue weighted by atomic mass is 19.4. The molecule has 1 aliphatic rings. The summed E-state index contributed by atoms with van der Waals surface area (Å²) >= 11 is 0. The van der Waals surface area contributed by atoms with Crippen molar-refractivity contribution in [3.63, 3.8) is 0 Å². The fraction of sp³-hybridized carbons (Fsp3) is 0.533. The molecule has 2 unspecified atom stereocenters. The molecule has 1 saturated heterocycles. The summed E-state index contributed by atoms with van der Waals surface area (Å²) in [6.07, 6.45) is -2.48. The van der Waals surface area contributed by atoms with Gasteiger partial charge in [0.1, 0.15) is 0 Å². The van der Waals surface area contributed by atoms with Gasteiger partial charge in [-0.3, -0.25) is 0 Å². The van der Waals surface area contributed by atoms with Crippen molar-refractivity contribution < 1.29 is 13.2 Å². The van der Waals surface area contributed by atoms with E-state index in [4.69, 9.17) is 11.0 Å². The van der Waals surface area contributed by atoms with Gasteiger partial charge >= 0.3 is 6.18 Å². The van der Waals surface area contributed by atoms with Crippen LogP contribution in [0.1, 0.15) is 30.9 Å². The van der Waals surface area contributed by atoms with Crippen LogP contribution >= 0.6 is 0 Å². The Balaban J connectivity index is 2.39. The van der Waals surface area contributed by atoms with Crippen molar-refractivity contribution >= 4 is 5.69 Å². The van der Waals surface area contributed by atoms with Gasteiger partial charge in [-0.1, -0.05) is 6.92 Å². The number of nitriles is 1. The van der Waals surface area contributed by atoms with Crippen molar-refractivity contribution in [3.8, 4) is 6.07 Å². The number of benzene rings is 1. The molecule has 0 bridgehead atoms. The molecule has 3 nitrogen and oxygen atoms in total. The van der Waals surface area contributed by atoms with E-state index in [0.29, 0.717) is 18.2 Å². The molecular weight excluding hydrogens is 279 g/mol. The smallest absolute Gasteiger partial charge is 0.367 e. The molecule has 1 heterocycles. The SMILES string of the molecule is CC1CCCN(c2ccc(C(F)(F)F)c(C#N)c2)C1CN. The third kappa shape index (κ3) is 3.13. The Morgan fingerprint density at radius 2 is 2.14 bits per heavy atom. The Hall–Kier alpha value is -1.74. The highest BCUT2D eigenvalue weighted by molar-refractivity contribution is 5.56. The molecule has 1 aliphatic heterocycles. The van der Waals surface area contributed by atoms with Gasteiger partial charge in [0, 0.05) is 24.8 Å². The summed E-state index contributed by atoms with van der Waals surface area (Å²) < 4.78 is 38.5. The summed E-state index contributed by atoms with van der Waals surface area (Å²) in [4.78, 5) is 2.02. The molecule has 1 aromatic rings. The number of alkyl halides is 3. The molecule has 1 fully saturated rings. The molecule has 0 saturated carbocycles. The number of nitrogens with zero attached hydrogens (tertiary/aromatic N) is 2. The molecule has 2 atom stereocenters. The standard InChI is InChI=1S/C15H18F3N3/c1-10-3-2-6-21(14(10)9-20)12-4-5-13(15(16,17)18)11(7-12)8-19/h4-5,7,10,14H,2-3,6,9,20H2,1H3. The lowest BCUT2D eigenvalue weighted by Gasteiger charge is -2.41. The van der Waals surface area contributed by atoms with Crippen LogP contribution in [0.15, 0.2) is 18.2 Å². The third-order valence-electron chi connectivity index (χ3n) is 4.12. The van der Waals surface area contributed by atoms with Gasteiger partial charge in [0.15, 0.2) is 0 Å². The minimum Gasteiger partial charge on any atom is -0.367 e. The van der Waals surface area contributed by atoms with Crippen LogP contribution < -0.4 is 10.6 Å². The van der Waals surface area contributed by atoms with Gasteiger partial charge in [0.05, 0.1) is 17.2 Å². The molecule has 0 aliphatic carbocycles. The van der Waals surface area contributed by atoms with Crippen LogP contribution in [0.3, 0.4) is 0 Å². The summed E-state index contributed by atoms with van der Waals surface area (Å²) in [5.41, 5.74) is 5.22. The maximum absolute atomic E-state index is 12.8. The number of piperidine rings is 1. The highest BCUT2D eigenvalue weighted by Gasteiger charge is 2.34. The zero-order valence-electron chi connectivity index (χ0n) is 11.8. The monoisotopic (exact) mass is 297 g/mol. The zero-order chi connectivity index (χ0) is 15.6. The van der Waals surface area contributed by atoms with E-state index in [1.807, 2.05) is 4.90 Å². The minimum absolute atomic E-state index is 0.0991. The van der Waals surface area contributed by atoms with Gasteiger partial charge in [-0.15, -0.1) is 0 Å². The lowest BCUT2D eigenvalue weighted by molar-refractivity contribution is -0.137. The van der Waals surface area contributed by atoms with E-state index >= 15 is 0 Å². The van der Waals surface area contributed by atoms with Crippen LogP contribution in [-0.2, 0) is 6.18 Å². The molecular formula is C15H18F3N3. The quantitative estimate of drug-likeness (QED) is 0.912. The molecule has 2 N–H and O–H groups in total. The number of hydrogen-bond donors (Lipinski definition) is 1. The van der Waals surface area contributed by atoms with E-state index in [9.17, 15) is 13.2 Å². The molecule has 0 radical (unpaired) electrons. The first-order valence-corrected chi connectivity index (χ1v) is 6.96. The largest absolute Gasteiger partial charge is 0.417 e. The average Bonchev–Trinajstić information content (AvgIpc) is 2.45. The van der Waals surface area contributed by atoms with Crippen LogP contribution in [-0.4, -0.2) is 19.1 Å². The number of halogens is 3. The van der Waals surface area contributed by atoms with Crippen LogP contribution in [0.2, 0.25) is 0 Å². The zero-order valence-corrected chi connectivity index (χ0v) is 11.8. The van der Waals surface area contributed by atoms with Crippen LogP contribution in [0.5, 0.6) is 0 Å². The van der Waals surface area contributed by atoms with E-state index in [-0.39, 0.29) is 11.6 Å².